The second-order valence-electron chi connectivity index (χ2n) is 5.89. The van der Waals surface area contributed by atoms with Gasteiger partial charge in [0.05, 0.1) is 0 Å². The van der Waals surface area contributed by atoms with E-state index in [2.05, 4.69) is 72.6 Å². The zero-order chi connectivity index (χ0) is 14.2. The monoisotopic (exact) mass is 371 g/mol. The van der Waals surface area contributed by atoms with Gasteiger partial charge in [-0.25, -0.2) is 5.57 Å². The van der Waals surface area contributed by atoms with Gasteiger partial charge in [-0.05, 0) is 0 Å². The first kappa shape index (κ1) is 32.8. The summed E-state index contributed by atoms with van der Waals surface area (Å²) < 4.78 is 0. The molecule has 0 aliphatic rings. The maximum absolute atomic E-state index is 4.55. The van der Waals surface area contributed by atoms with Crippen LogP contribution in [0.5, 0.6) is 0 Å². The third-order valence-electron chi connectivity index (χ3n) is 2.33. The van der Waals surface area contributed by atoms with E-state index in [1.807, 2.05) is 6.92 Å². The maximum atomic E-state index is 4.55. The summed E-state index contributed by atoms with van der Waals surface area (Å²) in [7, 11) is -0.671. The van der Waals surface area contributed by atoms with Gasteiger partial charge in [0, 0.05) is 0 Å². The van der Waals surface area contributed by atoms with Crippen LogP contribution >= 0.6 is 0 Å². The molecule has 0 heterocycles. The van der Waals surface area contributed by atoms with Gasteiger partial charge in [0.2, 0.25) is 0 Å². The van der Waals surface area contributed by atoms with Gasteiger partial charge in [-0.1, -0.05) is 63.6 Å². The first-order chi connectivity index (χ1) is 7.51. The Morgan fingerprint density at radius 1 is 0.950 bits per heavy atom. The zero-order valence-corrected chi connectivity index (χ0v) is 19.0. The van der Waals surface area contributed by atoms with Crippen molar-refractivity contribution >= 4 is 8.96 Å². The molecule has 0 unspecified atom stereocenters. The fourth-order valence-corrected chi connectivity index (χ4v) is 2.89. The van der Waals surface area contributed by atoms with Gasteiger partial charge in [0.15, 0.2) is 0 Å². The molecule has 0 aromatic carbocycles. The summed E-state index contributed by atoms with van der Waals surface area (Å²) in [6.07, 6.45) is 3.10. The molecule has 0 spiro atoms. The van der Waals surface area contributed by atoms with E-state index in [0.717, 1.165) is 0 Å². The molecular weight excluding hydrogens is 341 g/mol. The molecule has 20 heavy (non-hydrogen) atoms. The molecule has 0 amide bonds. The van der Waals surface area contributed by atoms with Gasteiger partial charge in [0.25, 0.3) is 0 Å². The van der Waals surface area contributed by atoms with Gasteiger partial charge < -0.3 is 29.8 Å². The number of halogens is 2. The van der Waals surface area contributed by atoms with Crippen LogP contribution in [0.25, 0.3) is 4.98 Å². The Morgan fingerprint density at radius 3 is 1.35 bits per heavy atom. The molecule has 0 saturated heterocycles. The number of hydrogen-bond acceptors (Lipinski definition) is 0. The molecule has 0 atom stereocenters. The normalized spacial score (nSPS) is 10.2. The van der Waals surface area contributed by atoms with Crippen LogP contribution in [0.4, 0.5) is 0 Å². The predicted molar refractivity (Wildman–Crippen MR) is 84.1 cm³/mol. The second-order valence-corrected chi connectivity index (χ2v) is 8.34. The van der Waals surface area contributed by atoms with Crippen molar-refractivity contribution < 1.29 is 46.5 Å². The Morgan fingerprint density at radius 2 is 1.30 bits per heavy atom. The summed E-state index contributed by atoms with van der Waals surface area (Å²) in [5, 5.41) is 0. The quantitative estimate of drug-likeness (QED) is 0.345. The fraction of sp³-hybridized carbons (Fsp3) is 0.733. The van der Waals surface area contributed by atoms with Gasteiger partial charge in [-0.15, -0.1) is 19.4 Å². The van der Waals surface area contributed by atoms with Crippen LogP contribution in [0, 0.1) is 6.08 Å². The summed E-state index contributed by atoms with van der Waals surface area (Å²) in [6.45, 7) is 21.3. The van der Waals surface area contributed by atoms with Crippen molar-refractivity contribution in [3.05, 3.63) is 27.8 Å². The van der Waals surface area contributed by atoms with Crippen molar-refractivity contribution in [1.29, 1.82) is 0 Å². The van der Waals surface area contributed by atoms with Gasteiger partial charge in [0.1, 0.15) is 0 Å². The van der Waals surface area contributed by atoms with E-state index in [1.54, 1.807) is 0 Å². The Labute approximate surface area is 156 Å². The van der Waals surface area contributed by atoms with Crippen LogP contribution in [0.3, 0.4) is 0 Å². The predicted octanol–water partition coefficient (Wildman–Crippen LogP) is -0.740. The molecule has 0 fully saturated rings. The van der Waals surface area contributed by atoms with Crippen LogP contribution in [-0.4, -0.2) is 14.5 Å². The molecule has 1 nitrogen and oxygen atoms in total. The maximum Gasteiger partial charge on any atom is 4.00 e. The minimum Gasteiger partial charge on any atom is -1.00 e. The van der Waals surface area contributed by atoms with Crippen LogP contribution in [-0.2, 0) is 21.7 Å². The van der Waals surface area contributed by atoms with Crippen molar-refractivity contribution in [1.82, 2.24) is 0 Å². The Hall–Kier alpha value is 0.951. The van der Waals surface area contributed by atoms with Crippen LogP contribution in [0.2, 0.25) is 13.1 Å². The van der Waals surface area contributed by atoms with E-state index >= 15 is 0 Å². The summed E-state index contributed by atoms with van der Waals surface area (Å²) in [5.41, 5.74) is 4.20. The molecule has 0 bridgehead atoms. The molecule has 118 valence electrons. The van der Waals surface area contributed by atoms with Crippen molar-refractivity contribution in [2.24, 2.45) is 0 Å². The molecule has 5 heteroatoms. The molecule has 0 aliphatic heterocycles. The average Bonchev–Trinajstić information content (AvgIpc) is 2.12. The Kier molecular flexibility index (Phi) is 26.8. The van der Waals surface area contributed by atoms with Gasteiger partial charge >= 0.3 is 21.7 Å². The van der Waals surface area contributed by atoms with Crippen molar-refractivity contribution in [3.8, 4) is 0 Å². The first-order valence-corrected chi connectivity index (χ1v) is 9.21. The topological polar surface area (TPSA) is 14.1 Å². The van der Waals surface area contributed by atoms with E-state index in [0.29, 0.717) is 0 Å². The molecule has 0 aliphatic carbocycles. The third kappa shape index (κ3) is 24.0. The molecule has 0 N–H and O–H groups in total. The molecule has 0 aromatic heterocycles. The number of nitrogens with zero attached hydrogens (tertiary/aromatic N) is 1. The van der Waals surface area contributed by atoms with E-state index in [1.165, 1.54) is 16.7 Å². The van der Waals surface area contributed by atoms with E-state index in [9.17, 15) is 0 Å². The Bertz CT molecular complexity index is 278. The largest absolute Gasteiger partial charge is 4.00 e. The van der Waals surface area contributed by atoms with Crippen LogP contribution < -0.4 is 24.8 Å². The van der Waals surface area contributed by atoms with E-state index in [-0.39, 0.29) is 52.1 Å². The molecule has 0 rings (SSSR count). The summed E-state index contributed by atoms with van der Waals surface area (Å²) in [4.78, 5) is 4.55. The average molecular weight is 372 g/mol. The van der Waals surface area contributed by atoms with E-state index < -0.39 is 8.96 Å². The molecule has 0 aromatic rings. The van der Waals surface area contributed by atoms with Crippen molar-refractivity contribution in [2.75, 3.05) is 0 Å². The second kappa shape index (κ2) is 16.3. The zero-order valence-electron chi connectivity index (χ0n) is 14.8. The van der Waals surface area contributed by atoms with Crippen LogP contribution in [0.15, 0.2) is 16.7 Å². The standard InChI is InChI=1S/C9H15.C6H16NSi.2ClH.Ti/c1-6-8(4)9(5)7(2)3;1-6(2,3)7-8(4)5;;;/h1-5H3;8H,1-5H3;2*1H;/q2*-1;;;+4/p-2. The number of allylic oxidation sites excluding steroid dienone is 4. The molecule has 0 radical (unpaired) electrons. The third-order valence-corrected chi connectivity index (χ3v) is 3.62. The van der Waals surface area contributed by atoms with Crippen molar-refractivity contribution in [2.45, 2.75) is 74.0 Å². The smallest absolute Gasteiger partial charge is 1.00 e. The van der Waals surface area contributed by atoms with E-state index in [4.69, 9.17) is 0 Å². The minimum atomic E-state index is -0.671. The minimum absolute atomic E-state index is 0. The SMILES string of the molecule is C[C-]=C(C)C(C)=C(C)C.C[SiH](C)[N-]C(C)(C)C.[Cl-].[Cl-].[Ti+4]. The number of hydrogen-bond donors (Lipinski definition) is 0. The first-order valence-electron chi connectivity index (χ1n) is 6.39. The fourth-order valence-electron chi connectivity index (χ4n) is 1.34. The molecular formula is C15H31Cl2NSiTi. The van der Waals surface area contributed by atoms with Crippen molar-refractivity contribution in [3.63, 3.8) is 0 Å². The van der Waals surface area contributed by atoms with Gasteiger partial charge in [-0.3, -0.25) is 6.08 Å². The molecule has 0 saturated carbocycles. The van der Waals surface area contributed by atoms with Gasteiger partial charge in [-0.2, -0.15) is 11.1 Å². The summed E-state index contributed by atoms with van der Waals surface area (Å²) >= 11 is 0. The Balaban J connectivity index is -0.0000000655. The summed E-state index contributed by atoms with van der Waals surface area (Å²) in [5.74, 6) is 0. The summed E-state index contributed by atoms with van der Waals surface area (Å²) in [6, 6.07) is 0. The van der Waals surface area contributed by atoms with Crippen LogP contribution in [0.1, 0.15) is 55.4 Å². The number of rotatable bonds is 2.